The van der Waals surface area contributed by atoms with Gasteiger partial charge in [-0.2, -0.15) is 0 Å². The fourth-order valence-electron chi connectivity index (χ4n) is 3.58. The lowest BCUT2D eigenvalue weighted by Crippen LogP contribution is -2.76. The Bertz CT molecular complexity index is 196. The van der Waals surface area contributed by atoms with Crippen LogP contribution in [-0.2, 0) is 0 Å². The highest BCUT2D eigenvalue weighted by Crippen LogP contribution is 2.52. The summed E-state index contributed by atoms with van der Waals surface area (Å²) in [6.07, 6.45) is 4.44. The van der Waals surface area contributed by atoms with Crippen LogP contribution >= 0.6 is 7.92 Å². The second kappa shape index (κ2) is 2.03. The number of hydrogen-bond donors (Lipinski definition) is 0. The van der Waals surface area contributed by atoms with Crippen molar-refractivity contribution in [1.29, 1.82) is 0 Å². The van der Waals surface area contributed by atoms with E-state index < -0.39 is 0 Å². The van der Waals surface area contributed by atoms with Gasteiger partial charge in [0.05, 0.1) is 14.1 Å². The van der Waals surface area contributed by atoms with Crippen LogP contribution in [0.1, 0.15) is 0 Å². The molecule has 0 N–H and O–H groups in total. The van der Waals surface area contributed by atoms with E-state index in [0.717, 1.165) is 0 Å². The predicted molar refractivity (Wildman–Crippen MR) is 50.3 cm³/mol. The van der Waals surface area contributed by atoms with Crippen molar-refractivity contribution in [2.24, 2.45) is 0 Å². The molecule has 0 radical (unpaired) electrons. The molecule has 0 saturated carbocycles. The highest BCUT2D eigenvalue weighted by atomic mass is 31.1. The lowest BCUT2D eigenvalue weighted by atomic mass is 10.4. The van der Waals surface area contributed by atoms with Crippen LogP contribution < -0.4 is 0 Å². The summed E-state index contributed by atoms with van der Waals surface area (Å²) in [6.45, 7) is 4.04. The van der Waals surface area contributed by atoms with Gasteiger partial charge in [-0.3, -0.25) is 8.97 Å². The minimum Gasteiger partial charge on any atom is -0.263 e. The van der Waals surface area contributed by atoms with Gasteiger partial charge in [0.25, 0.3) is 0 Å². The number of hydrogen-bond acceptors (Lipinski definition) is 1. The summed E-state index contributed by atoms with van der Waals surface area (Å²) < 4.78 is 2.67. The van der Waals surface area contributed by atoms with E-state index in [4.69, 9.17) is 0 Å². The average Bonchev–Trinajstić information content (AvgIpc) is 1.75. The van der Waals surface area contributed by atoms with E-state index in [0.29, 0.717) is 7.92 Å². The molecule has 4 rings (SSSR count). The first kappa shape index (κ1) is 7.69. The molecular weight excluding hydrogens is 169 g/mol. The first-order valence-electron chi connectivity index (χ1n) is 4.69. The van der Waals surface area contributed by atoms with Gasteiger partial charge in [-0.05, 0) is 0 Å². The van der Waals surface area contributed by atoms with Crippen molar-refractivity contribution in [1.82, 2.24) is 4.90 Å². The van der Waals surface area contributed by atoms with Crippen molar-refractivity contribution in [2.45, 2.75) is 0 Å². The predicted octanol–water partition coefficient (Wildman–Crippen LogP) is 0.449. The highest BCUT2D eigenvalue weighted by Gasteiger charge is 2.54. The molecule has 0 spiro atoms. The molecule has 4 bridgehead atoms. The Labute approximate surface area is 75.5 Å². The van der Waals surface area contributed by atoms with Gasteiger partial charge in [-0.15, -0.1) is 0 Å². The fraction of sp³-hybridized carbons (Fsp3) is 1.00. The topological polar surface area (TPSA) is 3.24 Å². The van der Waals surface area contributed by atoms with Gasteiger partial charge in [0, 0.05) is 14.2 Å². The molecule has 68 valence electrons. The van der Waals surface area contributed by atoms with Crippen molar-refractivity contribution in [3.8, 4) is 0 Å². The molecule has 4 fully saturated rings. The van der Waals surface area contributed by atoms with Gasteiger partial charge >= 0.3 is 0 Å². The number of rotatable bonds is 0. The molecule has 4 heteroatoms. The second-order valence-corrected chi connectivity index (χ2v) is 7.62. The Morgan fingerprint density at radius 1 is 1.08 bits per heavy atom. The van der Waals surface area contributed by atoms with Crippen molar-refractivity contribution in [3.05, 3.63) is 0 Å². The monoisotopic (exact) mass is 187 g/mol. The van der Waals surface area contributed by atoms with E-state index in [1.165, 1.54) is 47.8 Å². The number of quaternary nitrogens is 2. The van der Waals surface area contributed by atoms with Gasteiger partial charge in [-0.1, -0.05) is 0 Å². The summed E-state index contributed by atoms with van der Waals surface area (Å²) in [4.78, 5) is 2.68. The summed E-state index contributed by atoms with van der Waals surface area (Å²) >= 11 is 0. The maximum atomic E-state index is 2.68. The minimum absolute atomic E-state index is 0.361. The zero-order valence-electron chi connectivity index (χ0n) is 8.03. The van der Waals surface area contributed by atoms with Crippen molar-refractivity contribution in [3.63, 3.8) is 0 Å². The minimum atomic E-state index is 0.361. The molecular formula is C8H18N3P+2. The lowest BCUT2D eigenvalue weighted by molar-refractivity contribution is -1.12. The largest absolute Gasteiger partial charge is 0.263 e. The van der Waals surface area contributed by atoms with E-state index in [2.05, 4.69) is 19.0 Å². The third-order valence-electron chi connectivity index (χ3n) is 3.25. The maximum Gasteiger partial charge on any atom is 0.209 e. The Morgan fingerprint density at radius 2 is 1.67 bits per heavy atom. The summed E-state index contributed by atoms with van der Waals surface area (Å²) in [6, 6.07) is 0. The Kier molecular flexibility index (Phi) is 1.30. The molecule has 12 heavy (non-hydrogen) atoms. The molecule has 3 nitrogen and oxygen atoms in total. The van der Waals surface area contributed by atoms with Gasteiger partial charge in [0.2, 0.25) is 6.67 Å². The molecule has 4 aliphatic heterocycles. The molecule has 4 heterocycles. The second-order valence-electron chi connectivity index (χ2n) is 5.43. The zero-order chi connectivity index (χ0) is 8.40. The summed E-state index contributed by atoms with van der Waals surface area (Å²) in [5, 5.41) is 0. The lowest BCUT2D eigenvalue weighted by Gasteiger charge is -2.60. The van der Waals surface area contributed by atoms with E-state index in [1.54, 1.807) is 0 Å². The van der Waals surface area contributed by atoms with Crippen molar-refractivity contribution in [2.75, 3.05) is 53.0 Å². The Hall–Kier alpha value is 0.310. The van der Waals surface area contributed by atoms with E-state index in [1.807, 2.05) is 0 Å². The van der Waals surface area contributed by atoms with Crippen LogP contribution in [0, 0.1) is 0 Å². The van der Waals surface area contributed by atoms with Crippen molar-refractivity contribution < 1.29 is 8.97 Å². The first-order valence-corrected chi connectivity index (χ1v) is 6.59. The quantitative estimate of drug-likeness (QED) is 0.393. The molecule has 0 aromatic heterocycles. The third kappa shape index (κ3) is 0.973. The van der Waals surface area contributed by atoms with Crippen LogP contribution in [0.15, 0.2) is 0 Å². The molecule has 0 aliphatic carbocycles. The first-order chi connectivity index (χ1) is 5.57. The van der Waals surface area contributed by atoms with Crippen LogP contribution in [-0.4, -0.2) is 66.8 Å². The Morgan fingerprint density at radius 3 is 2.08 bits per heavy atom. The average molecular weight is 187 g/mol. The highest BCUT2D eigenvalue weighted by molar-refractivity contribution is 7.57. The van der Waals surface area contributed by atoms with E-state index >= 15 is 0 Å². The van der Waals surface area contributed by atoms with Crippen LogP contribution in [0.5, 0.6) is 0 Å². The van der Waals surface area contributed by atoms with Crippen LogP contribution in [0.25, 0.3) is 0 Å². The zero-order valence-corrected chi connectivity index (χ0v) is 8.93. The van der Waals surface area contributed by atoms with Crippen LogP contribution in [0.3, 0.4) is 0 Å². The molecule has 4 aliphatic rings. The van der Waals surface area contributed by atoms with E-state index in [9.17, 15) is 0 Å². The molecule has 0 aromatic carbocycles. The van der Waals surface area contributed by atoms with Crippen LogP contribution in [0.2, 0.25) is 0 Å². The van der Waals surface area contributed by atoms with Gasteiger partial charge in [0.1, 0.15) is 25.9 Å². The normalized spacial score (nSPS) is 62.5. The van der Waals surface area contributed by atoms with Gasteiger partial charge in [0.15, 0.2) is 0 Å². The SMILES string of the molecule is C[N@+]12CN3CP(C1)C[N@@+](C)(C3)C2. The molecule has 4 saturated heterocycles. The van der Waals surface area contributed by atoms with Crippen molar-refractivity contribution >= 4 is 7.92 Å². The standard InChI is InChI=1S/C8H18N3P/c1-10-3-9-4-11(2,6-10)8-12(5-9)7-10/h3-8H2,1-2H3/q+2/t10-,11+,12?. The summed E-state index contributed by atoms with van der Waals surface area (Å²) in [5.41, 5.74) is 0. The Balaban J connectivity index is 1.98. The smallest absolute Gasteiger partial charge is 0.209 e. The van der Waals surface area contributed by atoms with Gasteiger partial charge in [-0.25, -0.2) is 4.90 Å². The molecule has 2 unspecified atom stereocenters. The maximum absolute atomic E-state index is 2.68. The summed E-state index contributed by atoms with van der Waals surface area (Å²) in [7, 11) is 5.24. The molecule has 0 aromatic rings. The third-order valence-corrected chi connectivity index (χ3v) is 6.21. The summed E-state index contributed by atoms with van der Waals surface area (Å²) in [5.74, 6) is 0. The van der Waals surface area contributed by atoms with E-state index in [-0.39, 0.29) is 0 Å². The number of nitrogens with zero attached hydrogens (tertiary/aromatic N) is 3. The molecule has 0 amide bonds. The van der Waals surface area contributed by atoms with Crippen LogP contribution in [0.4, 0.5) is 0 Å². The molecule has 4 atom stereocenters. The fourth-order valence-corrected chi connectivity index (χ4v) is 6.88. The van der Waals surface area contributed by atoms with Gasteiger partial charge < -0.3 is 0 Å².